The van der Waals surface area contributed by atoms with Gasteiger partial charge in [0, 0.05) is 11.6 Å². The summed E-state index contributed by atoms with van der Waals surface area (Å²) in [5.74, 6) is -2.29. The van der Waals surface area contributed by atoms with Crippen LogP contribution in [0, 0.1) is 6.92 Å². The number of pyridine rings is 1. The predicted octanol–water partition coefficient (Wildman–Crippen LogP) is 2.61. The summed E-state index contributed by atoms with van der Waals surface area (Å²) in [4.78, 5) is 36.5. The van der Waals surface area contributed by atoms with E-state index < -0.39 is 30.0 Å². The first-order valence-corrected chi connectivity index (χ1v) is 9.76. The van der Waals surface area contributed by atoms with Crippen molar-refractivity contribution < 1.29 is 34.0 Å². The van der Waals surface area contributed by atoms with Crippen molar-refractivity contribution in [2.45, 2.75) is 32.7 Å². The van der Waals surface area contributed by atoms with Crippen molar-refractivity contribution in [2.75, 3.05) is 20.8 Å². The van der Waals surface area contributed by atoms with E-state index in [9.17, 15) is 24.6 Å². The van der Waals surface area contributed by atoms with Gasteiger partial charge in [0.15, 0.2) is 11.5 Å². The Morgan fingerprint density at radius 2 is 1.88 bits per heavy atom. The minimum atomic E-state index is -1.21. The highest BCUT2D eigenvalue weighted by Crippen LogP contribution is 2.37. The highest BCUT2D eigenvalue weighted by molar-refractivity contribution is 5.72. The topological polar surface area (TPSA) is 124 Å². The van der Waals surface area contributed by atoms with Crippen molar-refractivity contribution in [1.29, 1.82) is 0 Å². The summed E-state index contributed by atoms with van der Waals surface area (Å²) in [6, 6.07) is 6.17. The van der Waals surface area contributed by atoms with E-state index in [4.69, 9.17) is 14.2 Å². The second-order valence-corrected chi connectivity index (χ2v) is 7.36. The standard InChI is InChI=1S/C23H27NO8/c1-13(2)12-32-18-7-6-15(9-19(18)30-4)16(10-21(28)31-5)22-17(25)8-14(3)24(23(22)29)11-20(26)27/h6-9,16,25H,1,10-12H2,2-5H3,(H,26,27)/t16-/m0/s1. The van der Waals surface area contributed by atoms with Crippen LogP contribution in [0.25, 0.3) is 0 Å². The van der Waals surface area contributed by atoms with Gasteiger partial charge in [-0.1, -0.05) is 12.6 Å². The SMILES string of the molecule is C=C(C)COc1ccc([C@H](CC(=O)OC)c2c(O)cc(C)n(CC(=O)O)c2=O)cc1OC. The number of carbonyl (C=O) groups excluding carboxylic acids is 1. The van der Waals surface area contributed by atoms with E-state index in [0.29, 0.717) is 17.1 Å². The van der Waals surface area contributed by atoms with E-state index in [1.165, 1.54) is 27.2 Å². The quantitative estimate of drug-likeness (QED) is 0.422. The maximum absolute atomic E-state index is 13.2. The van der Waals surface area contributed by atoms with Crippen LogP contribution in [0.4, 0.5) is 0 Å². The molecule has 0 aliphatic rings. The second kappa shape index (κ2) is 10.5. The molecule has 32 heavy (non-hydrogen) atoms. The summed E-state index contributed by atoms with van der Waals surface area (Å²) >= 11 is 0. The zero-order valence-electron chi connectivity index (χ0n) is 18.5. The van der Waals surface area contributed by atoms with E-state index in [0.717, 1.165) is 10.1 Å². The van der Waals surface area contributed by atoms with Gasteiger partial charge < -0.3 is 29.0 Å². The summed E-state index contributed by atoms with van der Waals surface area (Å²) in [6.07, 6.45) is -0.259. The number of carboxylic acids is 1. The number of nitrogens with zero attached hydrogens (tertiary/aromatic N) is 1. The van der Waals surface area contributed by atoms with Gasteiger partial charge in [0.1, 0.15) is 18.9 Å². The van der Waals surface area contributed by atoms with Crippen LogP contribution in [0.1, 0.15) is 36.1 Å². The van der Waals surface area contributed by atoms with Gasteiger partial charge in [-0.25, -0.2) is 0 Å². The molecule has 2 rings (SSSR count). The van der Waals surface area contributed by atoms with Crippen molar-refractivity contribution in [3.63, 3.8) is 0 Å². The third-order valence-electron chi connectivity index (χ3n) is 4.83. The molecular weight excluding hydrogens is 418 g/mol. The van der Waals surface area contributed by atoms with Crippen molar-refractivity contribution in [3.05, 3.63) is 63.6 Å². The number of carboxylic acid groups (broad SMARTS) is 1. The van der Waals surface area contributed by atoms with E-state index in [-0.39, 0.29) is 30.0 Å². The van der Waals surface area contributed by atoms with E-state index in [2.05, 4.69) is 6.58 Å². The van der Waals surface area contributed by atoms with Crippen LogP contribution in [0.3, 0.4) is 0 Å². The third kappa shape index (κ3) is 5.69. The minimum Gasteiger partial charge on any atom is -0.507 e. The molecule has 1 heterocycles. The molecule has 1 aromatic carbocycles. The normalized spacial score (nSPS) is 11.5. The lowest BCUT2D eigenvalue weighted by atomic mass is 9.88. The van der Waals surface area contributed by atoms with Crippen molar-refractivity contribution in [3.8, 4) is 17.2 Å². The lowest BCUT2D eigenvalue weighted by molar-refractivity contribution is -0.141. The number of aryl methyl sites for hydroxylation is 1. The summed E-state index contributed by atoms with van der Waals surface area (Å²) in [7, 11) is 2.66. The largest absolute Gasteiger partial charge is 0.507 e. The molecule has 0 amide bonds. The van der Waals surface area contributed by atoms with Crippen LogP contribution in [-0.4, -0.2) is 47.5 Å². The number of ether oxygens (including phenoxy) is 3. The number of rotatable bonds is 10. The average Bonchev–Trinajstić information content (AvgIpc) is 2.73. The smallest absolute Gasteiger partial charge is 0.323 e. The van der Waals surface area contributed by atoms with E-state index >= 15 is 0 Å². The van der Waals surface area contributed by atoms with Crippen LogP contribution in [0.15, 0.2) is 41.2 Å². The summed E-state index contributed by atoms with van der Waals surface area (Å²) in [6.45, 7) is 6.81. The van der Waals surface area contributed by atoms with Gasteiger partial charge in [0.25, 0.3) is 5.56 Å². The Morgan fingerprint density at radius 3 is 2.44 bits per heavy atom. The molecule has 0 saturated heterocycles. The molecule has 9 nitrogen and oxygen atoms in total. The van der Waals surface area contributed by atoms with Crippen LogP contribution in [0.2, 0.25) is 0 Å². The lowest BCUT2D eigenvalue weighted by Crippen LogP contribution is -2.30. The molecule has 0 fully saturated rings. The van der Waals surface area contributed by atoms with Crippen molar-refractivity contribution in [2.24, 2.45) is 0 Å². The molecular formula is C23H27NO8. The molecule has 0 unspecified atom stereocenters. The van der Waals surface area contributed by atoms with Gasteiger partial charge >= 0.3 is 11.9 Å². The molecule has 1 atom stereocenters. The molecule has 2 aromatic rings. The molecule has 0 aliphatic carbocycles. The van der Waals surface area contributed by atoms with Crippen molar-refractivity contribution in [1.82, 2.24) is 4.57 Å². The first-order valence-electron chi connectivity index (χ1n) is 9.76. The summed E-state index contributed by atoms with van der Waals surface area (Å²) < 4.78 is 16.9. The van der Waals surface area contributed by atoms with Crippen LogP contribution in [-0.2, 0) is 20.9 Å². The molecule has 0 spiro atoms. The Labute approximate surface area is 185 Å². The Morgan fingerprint density at radius 1 is 1.19 bits per heavy atom. The van der Waals surface area contributed by atoms with Gasteiger partial charge in [-0.15, -0.1) is 0 Å². The number of methoxy groups -OCH3 is 2. The maximum atomic E-state index is 13.2. The monoisotopic (exact) mass is 445 g/mol. The minimum absolute atomic E-state index is 0.111. The highest BCUT2D eigenvalue weighted by atomic mass is 16.5. The zero-order valence-corrected chi connectivity index (χ0v) is 18.5. The highest BCUT2D eigenvalue weighted by Gasteiger charge is 2.28. The van der Waals surface area contributed by atoms with Crippen molar-refractivity contribution >= 4 is 11.9 Å². The van der Waals surface area contributed by atoms with Gasteiger partial charge in [-0.2, -0.15) is 0 Å². The molecule has 172 valence electrons. The summed E-state index contributed by atoms with van der Waals surface area (Å²) in [5, 5.41) is 19.8. The van der Waals surface area contributed by atoms with E-state index in [1.54, 1.807) is 18.2 Å². The molecule has 2 N–H and O–H groups in total. The molecule has 1 aromatic heterocycles. The molecule has 0 saturated carbocycles. The number of hydrogen-bond donors (Lipinski definition) is 2. The summed E-state index contributed by atoms with van der Waals surface area (Å²) in [5.41, 5.74) is 0.744. The molecule has 0 radical (unpaired) electrons. The third-order valence-corrected chi connectivity index (χ3v) is 4.83. The maximum Gasteiger partial charge on any atom is 0.323 e. The fourth-order valence-electron chi connectivity index (χ4n) is 3.29. The molecule has 0 bridgehead atoms. The first-order chi connectivity index (χ1) is 15.1. The number of aromatic hydroxyl groups is 1. The zero-order chi connectivity index (χ0) is 24.0. The Bertz CT molecular complexity index is 1090. The molecule has 0 aliphatic heterocycles. The van der Waals surface area contributed by atoms with Crippen LogP contribution in [0.5, 0.6) is 17.2 Å². The Balaban J connectivity index is 2.66. The first kappa shape index (κ1) is 24.5. The number of carbonyl (C=O) groups is 2. The number of hydrogen-bond acceptors (Lipinski definition) is 7. The molecule has 9 heteroatoms. The lowest BCUT2D eigenvalue weighted by Gasteiger charge is -2.21. The van der Waals surface area contributed by atoms with Gasteiger partial charge in [-0.3, -0.25) is 14.4 Å². The average molecular weight is 445 g/mol. The Hall–Kier alpha value is -3.75. The number of benzene rings is 1. The fraction of sp³-hybridized carbons (Fsp3) is 0.348. The van der Waals surface area contributed by atoms with E-state index in [1.807, 2.05) is 6.92 Å². The predicted molar refractivity (Wildman–Crippen MR) is 117 cm³/mol. The van der Waals surface area contributed by atoms with Crippen LogP contribution < -0.4 is 15.0 Å². The Kier molecular flexibility index (Phi) is 8.06. The number of esters is 1. The van der Waals surface area contributed by atoms with Gasteiger partial charge in [0.2, 0.25) is 0 Å². The van der Waals surface area contributed by atoms with Gasteiger partial charge in [-0.05, 0) is 43.2 Å². The van der Waals surface area contributed by atoms with Gasteiger partial charge in [0.05, 0.1) is 26.2 Å². The number of aliphatic carboxylic acids is 1. The fourth-order valence-corrected chi connectivity index (χ4v) is 3.29. The number of aromatic nitrogens is 1. The second-order valence-electron chi connectivity index (χ2n) is 7.36. The van der Waals surface area contributed by atoms with Crippen LogP contribution >= 0.6 is 0 Å².